The summed E-state index contributed by atoms with van der Waals surface area (Å²) < 4.78 is 20.3. The molecule has 0 bridgehead atoms. The summed E-state index contributed by atoms with van der Waals surface area (Å²) in [7, 11) is -2.53. The van der Waals surface area contributed by atoms with Gasteiger partial charge in [0.2, 0.25) is 6.34 Å². The first-order valence-electron chi connectivity index (χ1n) is 10.3. The van der Waals surface area contributed by atoms with Crippen molar-refractivity contribution in [3.05, 3.63) is 28.8 Å². The van der Waals surface area contributed by atoms with Crippen molar-refractivity contribution in [2.45, 2.75) is 54.0 Å². The molecular weight excluding hydrogens is 436 g/mol. The summed E-state index contributed by atoms with van der Waals surface area (Å²) in [6.45, 7) is 17.6. The van der Waals surface area contributed by atoms with E-state index in [-0.39, 0.29) is 17.0 Å². The second-order valence-corrected chi connectivity index (χ2v) is 9.91. The van der Waals surface area contributed by atoms with Gasteiger partial charge in [0.25, 0.3) is 0 Å². The molecule has 1 aromatic rings. The van der Waals surface area contributed by atoms with E-state index in [1.807, 2.05) is 20.8 Å². The van der Waals surface area contributed by atoms with Crippen molar-refractivity contribution >= 4 is 20.8 Å². The topological polar surface area (TPSA) is 33.9 Å². The van der Waals surface area contributed by atoms with Crippen LogP contribution in [0.1, 0.15) is 43.9 Å². The zero-order chi connectivity index (χ0) is 19.9. The number of aryl methyl sites for hydroxylation is 3. The summed E-state index contributed by atoms with van der Waals surface area (Å²) in [4.78, 5) is 2.40. The molecule has 2 rings (SSSR count). The maximum Gasteiger partial charge on any atom is 0.501 e. The van der Waals surface area contributed by atoms with E-state index < -0.39 is 8.80 Å². The fourth-order valence-corrected chi connectivity index (χ4v) is 6.61. The Morgan fingerprint density at radius 3 is 2.00 bits per heavy atom. The molecule has 0 spiro atoms. The lowest BCUT2D eigenvalue weighted by atomic mass is 10.0. The third-order valence-electron chi connectivity index (χ3n) is 4.87. The molecule has 5 nitrogen and oxygen atoms in total. The van der Waals surface area contributed by atoms with Crippen LogP contribution >= 0.6 is 0 Å². The molecule has 0 aliphatic carbocycles. The van der Waals surface area contributed by atoms with Gasteiger partial charge in [0, 0.05) is 25.9 Å². The van der Waals surface area contributed by atoms with Gasteiger partial charge in [-0.2, -0.15) is 0 Å². The third kappa shape index (κ3) is 6.66. The van der Waals surface area contributed by atoms with Crippen LogP contribution < -0.4 is 17.0 Å². The van der Waals surface area contributed by atoms with Gasteiger partial charge in [0.1, 0.15) is 18.8 Å². The van der Waals surface area contributed by atoms with Gasteiger partial charge in [-0.25, -0.2) is 4.58 Å². The van der Waals surface area contributed by atoms with E-state index in [0.29, 0.717) is 19.8 Å². The summed E-state index contributed by atoms with van der Waals surface area (Å²) in [5.74, 6) is 0. The van der Waals surface area contributed by atoms with Crippen LogP contribution in [0.15, 0.2) is 12.1 Å². The number of rotatable bonds is 11. The number of hydrogen-bond donors (Lipinski definition) is 0. The van der Waals surface area contributed by atoms with E-state index in [2.05, 4.69) is 48.7 Å². The summed E-state index contributed by atoms with van der Waals surface area (Å²) in [6, 6.07) is 5.41. The van der Waals surface area contributed by atoms with Gasteiger partial charge < -0.3 is 30.3 Å². The molecule has 0 saturated heterocycles. The average Bonchev–Trinajstić information content (AvgIpc) is 3.03. The lowest BCUT2D eigenvalue weighted by Gasteiger charge is -2.28. The Morgan fingerprint density at radius 1 is 0.964 bits per heavy atom. The highest BCUT2D eigenvalue weighted by molar-refractivity contribution is 6.60. The molecule has 0 aromatic heterocycles. The number of halogens is 1. The minimum atomic E-state index is -2.53. The molecule has 0 atom stereocenters. The first-order chi connectivity index (χ1) is 12.9. The molecule has 0 N–H and O–H groups in total. The van der Waals surface area contributed by atoms with E-state index in [1.54, 1.807) is 0 Å². The second kappa shape index (κ2) is 12.1. The van der Waals surface area contributed by atoms with Gasteiger partial charge in [-0.05, 0) is 59.1 Å². The van der Waals surface area contributed by atoms with E-state index in [9.17, 15) is 0 Å². The van der Waals surface area contributed by atoms with Gasteiger partial charge in [-0.3, -0.25) is 4.90 Å². The maximum atomic E-state index is 5.96. The standard InChI is InChI=1S/C21H37N2O3Si.BrH/c1-7-24-27(25-8-2,26-9-3)14-10-11-22-12-13-23(17-22)21-19(5)15-18(4)16-20(21)6;/h15-17H,7-14H2,1-6H3;1H/q+1;/p-1. The molecule has 28 heavy (non-hydrogen) atoms. The lowest BCUT2D eigenvalue weighted by molar-refractivity contribution is -0.425. The van der Waals surface area contributed by atoms with E-state index in [4.69, 9.17) is 13.3 Å². The Morgan fingerprint density at radius 2 is 1.50 bits per heavy atom. The lowest BCUT2D eigenvalue weighted by Crippen LogP contribution is -3.00. The van der Waals surface area contributed by atoms with Gasteiger partial charge >= 0.3 is 8.80 Å². The number of benzene rings is 1. The van der Waals surface area contributed by atoms with Gasteiger partial charge in [0.05, 0.1) is 6.54 Å². The predicted molar refractivity (Wildman–Crippen MR) is 113 cm³/mol. The normalized spacial score (nSPS) is 14.2. The van der Waals surface area contributed by atoms with Gasteiger partial charge in [-0.1, -0.05) is 17.7 Å². The van der Waals surface area contributed by atoms with Crippen molar-refractivity contribution in [1.29, 1.82) is 0 Å². The second-order valence-electron chi connectivity index (χ2n) is 7.18. The van der Waals surface area contributed by atoms with Crippen LogP contribution in [0.4, 0.5) is 5.69 Å². The summed E-state index contributed by atoms with van der Waals surface area (Å²) in [6.07, 6.45) is 3.29. The fraction of sp³-hybridized carbons (Fsp3) is 0.667. The first-order valence-corrected chi connectivity index (χ1v) is 12.2. The minimum Gasteiger partial charge on any atom is -1.00 e. The molecule has 0 unspecified atom stereocenters. The molecule has 160 valence electrons. The minimum absolute atomic E-state index is 0. The van der Waals surface area contributed by atoms with E-state index in [1.165, 1.54) is 22.4 Å². The third-order valence-corrected chi connectivity index (χ3v) is 8.03. The Balaban J connectivity index is 0.00000392. The molecule has 0 radical (unpaired) electrons. The monoisotopic (exact) mass is 472 g/mol. The highest BCUT2D eigenvalue weighted by Gasteiger charge is 2.40. The molecule has 0 fully saturated rings. The van der Waals surface area contributed by atoms with Crippen LogP contribution in [0.3, 0.4) is 0 Å². The van der Waals surface area contributed by atoms with Crippen LogP contribution in [0.2, 0.25) is 6.04 Å². The zero-order valence-electron chi connectivity index (χ0n) is 18.4. The largest absolute Gasteiger partial charge is 1.00 e. The SMILES string of the molecule is CCO[Si](CCCN1C=[N+](c2c(C)cc(C)cc2C)CC1)(OCC)OCC.[Br-]. The van der Waals surface area contributed by atoms with Crippen molar-refractivity contribution < 1.29 is 34.8 Å². The molecular formula is C21H37BrN2O3Si. The predicted octanol–water partition coefficient (Wildman–Crippen LogP) is 1.04. The quantitative estimate of drug-likeness (QED) is 0.356. The van der Waals surface area contributed by atoms with E-state index >= 15 is 0 Å². The highest BCUT2D eigenvalue weighted by Crippen LogP contribution is 2.26. The Hall–Kier alpha value is -0.733. The van der Waals surface area contributed by atoms with Crippen LogP contribution in [0.25, 0.3) is 0 Å². The smallest absolute Gasteiger partial charge is 0.501 e. The average molecular weight is 474 g/mol. The maximum absolute atomic E-state index is 5.96. The van der Waals surface area contributed by atoms with Crippen molar-refractivity contribution in [3.8, 4) is 0 Å². The number of nitrogens with zero attached hydrogens (tertiary/aromatic N) is 2. The molecule has 1 heterocycles. The van der Waals surface area contributed by atoms with Gasteiger partial charge in [-0.15, -0.1) is 0 Å². The summed E-state index contributed by atoms with van der Waals surface area (Å²) in [5, 5.41) is 0. The van der Waals surface area contributed by atoms with Crippen LogP contribution in [0.5, 0.6) is 0 Å². The molecule has 1 aliphatic heterocycles. The van der Waals surface area contributed by atoms with Crippen molar-refractivity contribution in [2.75, 3.05) is 39.5 Å². The molecule has 1 aliphatic rings. The summed E-state index contributed by atoms with van der Waals surface area (Å²) >= 11 is 0. The van der Waals surface area contributed by atoms with E-state index in [0.717, 1.165) is 32.1 Å². The number of hydrogen-bond acceptors (Lipinski definition) is 4. The Kier molecular flexibility index (Phi) is 10.9. The zero-order valence-corrected chi connectivity index (χ0v) is 21.0. The molecule has 0 amide bonds. The van der Waals surface area contributed by atoms with Gasteiger partial charge in [0.15, 0.2) is 0 Å². The molecule has 0 saturated carbocycles. The van der Waals surface area contributed by atoms with Crippen molar-refractivity contribution in [1.82, 2.24) is 4.90 Å². The Labute approximate surface area is 182 Å². The van der Waals surface area contributed by atoms with Crippen molar-refractivity contribution in [3.63, 3.8) is 0 Å². The Bertz CT molecular complexity index is 615. The van der Waals surface area contributed by atoms with Crippen LogP contribution in [-0.2, 0) is 13.3 Å². The van der Waals surface area contributed by atoms with Crippen molar-refractivity contribution in [2.24, 2.45) is 0 Å². The van der Waals surface area contributed by atoms with Crippen LogP contribution in [0, 0.1) is 20.8 Å². The first kappa shape index (κ1) is 25.3. The van der Waals surface area contributed by atoms with Crippen LogP contribution in [-0.4, -0.2) is 64.1 Å². The highest BCUT2D eigenvalue weighted by atomic mass is 79.9. The molecule has 1 aromatic carbocycles. The summed E-state index contributed by atoms with van der Waals surface area (Å²) in [5.41, 5.74) is 5.38. The molecule has 7 heteroatoms. The fourth-order valence-electron chi connectivity index (χ4n) is 4.01.